The second kappa shape index (κ2) is 9.12. The van der Waals surface area contributed by atoms with Crippen LogP contribution in [-0.4, -0.2) is 66.1 Å². The van der Waals surface area contributed by atoms with E-state index in [-0.39, 0.29) is 23.8 Å². The van der Waals surface area contributed by atoms with Crippen molar-refractivity contribution in [3.8, 4) is 0 Å². The van der Waals surface area contributed by atoms with E-state index < -0.39 is 0 Å². The van der Waals surface area contributed by atoms with E-state index in [4.69, 9.17) is 0 Å². The number of aliphatic hydroxyl groups is 1. The summed E-state index contributed by atoms with van der Waals surface area (Å²) in [4.78, 5) is 32.9. The van der Waals surface area contributed by atoms with Gasteiger partial charge >= 0.3 is 0 Å². The van der Waals surface area contributed by atoms with Crippen LogP contribution in [0.25, 0.3) is 5.57 Å². The molecule has 0 spiro atoms. The minimum Gasteiger partial charge on any atom is -0.395 e. The van der Waals surface area contributed by atoms with Gasteiger partial charge in [-0.05, 0) is 35.6 Å². The topological polar surface area (TPSA) is 64.1 Å². The van der Waals surface area contributed by atoms with Crippen LogP contribution in [0.4, 0.5) is 5.69 Å². The lowest BCUT2D eigenvalue weighted by Gasteiger charge is -2.36. The van der Waals surface area contributed by atoms with Gasteiger partial charge in [-0.2, -0.15) is 0 Å². The Morgan fingerprint density at radius 3 is 2.00 bits per heavy atom. The number of β-amino-alcohol motifs (C(OH)–C–C–N with tert-alkyl or cyclic N) is 1. The number of aliphatic hydroxyl groups excluding tert-OH is 1. The highest BCUT2D eigenvalue weighted by molar-refractivity contribution is 6.45. The van der Waals surface area contributed by atoms with Gasteiger partial charge in [-0.15, -0.1) is 0 Å². The number of nitrogens with zero attached hydrogens (tertiary/aromatic N) is 3. The Morgan fingerprint density at radius 2 is 1.45 bits per heavy atom. The molecule has 2 amide bonds. The molecule has 2 aromatic carbocycles. The third-order valence-electron chi connectivity index (χ3n) is 6.50. The van der Waals surface area contributed by atoms with Crippen LogP contribution in [0.2, 0.25) is 0 Å². The van der Waals surface area contributed by atoms with Gasteiger partial charge in [-0.3, -0.25) is 14.5 Å². The van der Waals surface area contributed by atoms with Crippen LogP contribution < -0.4 is 4.90 Å². The maximum atomic E-state index is 13.7. The summed E-state index contributed by atoms with van der Waals surface area (Å²) >= 11 is 0. The molecule has 6 heteroatoms. The number of anilines is 1. The number of piperazine rings is 1. The lowest BCUT2D eigenvalue weighted by atomic mass is 9.87. The summed E-state index contributed by atoms with van der Waals surface area (Å²) in [6.45, 7) is 11.9. The monoisotopic (exact) mass is 447 g/mol. The van der Waals surface area contributed by atoms with Gasteiger partial charge in [0.15, 0.2) is 0 Å². The van der Waals surface area contributed by atoms with Gasteiger partial charge < -0.3 is 10.0 Å². The molecular weight excluding hydrogens is 414 g/mol. The summed E-state index contributed by atoms with van der Waals surface area (Å²) in [6, 6.07) is 15.5. The fourth-order valence-electron chi connectivity index (χ4n) is 4.47. The maximum Gasteiger partial charge on any atom is 0.282 e. The van der Waals surface area contributed by atoms with Crippen molar-refractivity contribution in [2.75, 3.05) is 44.2 Å². The molecule has 0 unspecified atom stereocenters. The highest BCUT2D eigenvalue weighted by Gasteiger charge is 2.43. The van der Waals surface area contributed by atoms with E-state index in [1.165, 1.54) is 4.90 Å². The molecule has 4 rings (SSSR count). The zero-order valence-corrected chi connectivity index (χ0v) is 20.0. The van der Waals surface area contributed by atoms with E-state index >= 15 is 0 Å². The van der Waals surface area contributed by atoms with Gasteiger partial charge in [0.2, 0.25) is 0 Å². The number of rotatable bonds is 5. The number of hydrogen-bond acceptors (Lipinski definition) is 5. The molecule has 33 heavy (non-hydrogen) atoms. The second-order valence-corrected chi connectivity index (χ2v) is 9.88. The van der Waals surface area contributed by atoms with Crippen molar-refractivity contribution < 1.29 is 14.7 Å². The second-order valence-electron chi connectivity index (χ2n) is 9.88. The normalized spacial score (nSPS) is 18.0. The molecule has 2 aliphatic rings. The summed E-state index contributed by atoms with van der Waals surface area (Å²) in [6.07, 6.45) is 0. The molecule has 0 aromatic heterocycles. The number of amides is 2. The van der Waals surface area contributed by atoms with E-state index in [0.717, 1.165) is 29.8 Å². The van der Waals surface area contributed by atoms with E-state index in [0.29, 0.717) is 36.6 Å². The molecule has 0 bridgehead atoms. The van der Waals surface area contributed by atoms with Gasteiger partial charge in [-0.25, -0.2) is 4.90 Å². The first-order chi connectivity index (χ1) is 15.7. The Kier molecular flexibility index (Phi) is 6.41. The molecule has 0 aliphatic carbocycles. The van der Waals surface area contributed by atoms with Crippen molar-refractivity contribution in [2.45, 2.75) is 33.1 Å². The van der Waals surface area contributed by atoms with Crippen molar-refractivity contribution in [1.29, 1.82) is 0 Å². The van der Waals surface area contributed by atoms with E-state index in [9.17, 15) is 14.7 Å². The standard InChI is InChI=1S/C27H33N3O3/c1-19-5-7-20(8-6-19)23-24(29-15-13-28(14-16-29)17-18-31)26(33)30(25(23)32)22-11-9-21(10-12-22)27(2,3)4/h5-12,31H,13-18H2,1-4H3. The molecule has 0 atom stereocenters. The molecular formula is C27H33N3O3. The quantitative estimate of drug-likeness (QED) is 0.714. The third kappa shape index (κ3) is 4.59. The SMILES string of the molecule is Cc1ccc(C2=C(N3CCN(CCO)CC3)C(=O)N(c3ccc(C(C)(C)C)cc3)C2=O)cc1. The van der Waals surface area contributed by atoms with Gasteiger partial charge in [0, 0.05) is 32.7 Å². The van der Waals surface area contributed by atoms with Crippen LogP contribution in [0.5, 0.6) is 0 Å². The first-order valence-corrected chi connectivity index (χ1v) is 11.6. The number of imide groups is 1. The number of carbonyl (C=O) groups excluding carboxylic acids is 2. The molecule has 1 saturated heterocycles. The van der Waals surface area contributed by atoms with Crippen LogP contribution in [0.3, 0.4) is 0 Å². The smallest absolute Gasteiger partial charge is 0.282 e. The number of aryl methyl sites for hydroxylation is 1. The van der Waals surface area contributed by atoms with E-state index in [1.807, 2.05) is 60.4 Å². The fraction of sp³-hybridized carbons (Fsp3) is 0.407. The van der Waals surface area contributed by atoms with Crippen molar-refractivity contribution in [3.63, 3.8) is 0 Å². The predicted octanol–water partition coefficient (Wildman–Crippen LogP) is 3.19. The molecule has 6 nitrogen and oxygen atoms in total. The van der Waals surface area contributed by atoms with Crippen molar-refractivity contribution in [1.82, 2.24) is 9.80 Å². The van der Waals surface area contributed by atoms with Gasteiger partial charge in [0.05, 0.1) is 17.9 Å². The molecule has 1 N–H and O–H groups in total. The third-order valence-corrected chi connectivity index (χ3v) is 6.50. The minimum absolute atomic E-state index is 0.0116. The minimum atomic E-state index is -0.278. The summed E-state index contributed by atoms with van der Waals surface area (Å²) in [5, 5.41) is 9.25. The van der Waals surface area contributed by atoms with Crippen LogP contribution in [0.15, 0.2) is 54.2 Å². The molecule has 2 aromatic rings. The highest BCUT2D eigenvalue weighted by Crippen LogP contribution is 2.36. The molecule has 2 heterocycles. The Labute approximate surface area is 196 Å². The van der Waals surface area contributed by atoms with Gasteiger partial charge in [0.1, 0.15) is 5.70 Å². The Hall–Kier alpha value is -2.96. The Morgan fingerprint density at radius 1 is 0.848 bits per heavy atom. The zero-order valence-electron chi connectivity index (χ0n) is 20.0. The van der Waals surface area contributed by atoms with E-state index in [1.54, 1.807) is 0 Å². The molecule has 1 fully saturated rings. The van der Waals surface area contributed by atoms with Crippen LogP contribution in [0, 0.1) is 6.92 Å². The zero-order chi connectivity index (χ0) is 23.8. The molecule has 0 radical (unpaired) electrons. The van der Waals surface area contributed by atoms with Crippen LogP contribution in [-0.2, 0) is 15.0 Å². The average Bonchev–Trinajstić information content (AvgIpc) is 3.04. The lowest BCUT2D eigenvalue weighted by Crippen LogP contribution is -2.48. The first-order valence-electron chi connectivity index (χ1n) is 11.6. The maximum absolute atomic E-state index is 13.7. The van der Waals surface area contributed by atoms with Gasteiger partial charge in [-0.1, -0.05) is 62.7 Å². The summed E-state index contributed by atoms with van der Waals surface area (Å²) in [5.74, 6) is -0.546. The lowest BCUT2D eigenvalue weighted by molar-refractivity contribution is -0.120. The Balaban J connectivity index is 1.71. The number of benzene rings is 2. The number of hydrogen-bond donors (Lipinski definition) is 1. The molecule has 174 valence electrons. The fourth-order valence-corrected chi connectivity index (χ4v) is 4.47. The van der Waals surface area contributed by atoms with Gasteiger partial charge in [0.25, 0.3) is 11.8 Å². The summed E-state index contributed by atoms with van der Waals surface area (Å²) < 4.78 is 0. The first kappa shape index (κ1) is 23.2. The van der Waals surface area contributed by atoms with Crippen LogP contribution >= 0.6 is 0 Å². The largest absolute Gasteiger partial charge is 0.395 e. The van der Waals surface area contributed by atoms with Crippen molar-refractivity contribution in [2.24, 2.45) is 0 Å². The number of carbonyl (C=O) groups is 2. The summed E-state index contributed by atoms with van der Waals surface area (Å²) in [5.41, 5.74) is 4.55. The van der Waals surface area contributed by atoms with E-state index in [2.05, 4.69) is 25.7 Å². The predicted molar refractivity (Wildman–Crippen MR) is 131 cm³/mol. The van der Waals surface area contributed by atoms with Crippen molar-refractivity contribution in [3.05, 3.63) is 70.9 Å². The highest BCUT2D eigenvalue weighted by atomic mass is 16.3. The summed E-state index contributed by atoms with van der Waals surface area (Å²) in [7, 11) is 0. The Bertz CT molecular complexity index is 1060. The molecule has 0 saturated carbocycles. The van der Waals surface area contributed by atoms with Crippen LogP contribution in [0.1, 0.15) is 37.5 Å². The molecule has 2 aliphatic heterocycles. The van der Waals surface area contributed by atoms with Crippen molar-refractivity contribution >= 4 is 23.1 Å². The average molecular weight is 448 g/mol.